The van der Waals surface area contributed by atoms with E-state index < -0.39 is 0 Å². The van der Waals surface area contributed by atoms with Crippen LogP contribution < -0.4 is 0 Å². The first-order chi connectivity index (χ1) is 6.92. The molecule has 2 rings (SSSR count). The summed E-state index contributed by atoms with van der Waals surface area (Å²) in [6, 6.07) is 0. The smallest absolute Gasteiger partial charge is 0.0715 e. The summed E-state index contributed by atoms with van der Waals surface area (Å²) in [4.78, 5) is 0. The Labute approximate surface area is 93.6 Å². The van der Waals surface area contributed by atoms with Crippen LogP contribution in [0.1, 0.15) is 59.3 Å². The van der Waals surface area contributed by atoms with Crippen LogP contribution in [0.4, 0.5) is 0 Å². The largest absolute Gasteiger partial charge is 0.389 e. The van der Waals surface area contributed by atoms with Crippen molar-refractivity contribution in [2.75, 3.05) is 0 Å². The highest BCUT2D eigenvalue weighted by Gasteiger charge is 2.42. The zero-order chi connectivity index (χ0) is 11.1. The Morgan fingerprint density at radius 2 is 2.07 bits per heavy atom. The SMILES string of the molecule is CC(C)(C)C1=CC[C@H]2CCCC[C@@]2(O)C1. The fourth-order valence-electron chi connectivity index (χ4n) is 3.12. The van der Waals surface area contributed by atoms with E-state index in [1.54, 1.807) is 0 Å². The van der Waals surface area contributed by atoms with E-state index in [1.807, 2.05) is 0 Å². The van der Waals surface area contributed by atoms with E-state index in [-0.39, 0.29) is 11.0 Å². The van der Waals surface area contributed by atoms with E-state index >= 15 is 0 Å². The average Bonchev–Trinajstić information content (AvgIpc) is 2.14. The van der Waals surface area contributed by atoms with Crippen molar-refractivity contribution < 1.29 is 5.11 Å². The van der Waals surface area contributed by atoms with Crippen LogP contribution in [0.5, 0.6) is 0 Å². The van der Waals surface area contributed by atoms with Crippen molar-refractivity contribution in [2.45, 2.75) is 64.9 Å². The predicted octanol–water partition coefficient (Wildman–Crippen LogP) is 3.67. The topological polar surface area (TPSA) is 20.2 Å². The van der Waals surface area contributed by atoms with Gasteiger partial charge in [-0.1, -0.05) is 45.3 Å². The Kier molecular flexibility index (Phi) is 2.70. The molecule has 2 aliphatic rings. The van der Waals surface area contributed by atoms with Crippen molar-refractivity contribution in [1.82, 2.24) is 0 Å². The van der Waals surface area contributed by atoms with Crippen LogP contribution in [0.2, 0.25) is 0 Å². The summed E-state index contributed by atoms with van der Waals surface area (Å²) >= 11 is 0. The van der Waals surface area contributed by atoms with Crippen molar-refractivity contribution in [3.8, 4) is 0 Å². The van der Waals surface area contributed by atoms with Gasteiger partial charge in [0.1, 0.15) is 0 Å². The second-order valence-corrected chi connectivity index (χ2v) is 6.44. The molecule has 0 aromatic heterocycles. The van der Waals surface area contributed by atoms with Gasteiger partial charge >= 0.3 is 0 Å². The van der Waals surface area contributed by atoms with Crippen molar-refractivity contribution in [3.05, 3.63) is 11.6 Å². The highest BCUT2D eigenvalue weighted by molar-refractivity contribution is 5.20. The van der Waals surface area contributed by atoms with E-state index in [0.717, 1.165) is 19.3 Å². The van der Waals surface area contributed by atoms with E-state index in [2.05, 4.69) is 26.8 Å². The zero-order valence-corrected chi connectivity index (χ0v) is 10.3. The lowest BCUT2D eigenvalue weighted by Crippen LogP contribution is -2.44. The van der Waals surface area contributed by atoms with Gasteiger partial charge in [0.2, 0.25) is 0 Å². The molecule has 0 unspecified atom stereocenters. The van der Waals surface area contributed by atoms with Crippen LogP contribution in [0.3, 0.4) is 0 Å². The Bertz CT molecular complexity index is 272. The van der Waals surface area contributed by atoms with E-state index in [9.17, 15) is 5.11 Å². The molecule has 0 radical (unpaired) electrons. The lowest BCUT2D eigenvalue weighted by atomic mass is 9.64. The molecular weight excluding hydrogens is 184 g/mol. The second-order valence-electron chi connectivity index (χ2n) is 6.44. The fraction of sp³-hybridized carbons (Fsp3) is 0.857. The molecule has 0 spiro atoms. The first kappa shape index (κ1) is 11.2. The van der Waals surface area contributed by atoms with E-state index in [1.165, 1.54) is 24.8 Å². The number of allylic oxidation sites excluding steroid dienone is 1. The van der Waals surface area contributed by atoms with Crippen LogP contribution in [-0.4, -0.2) is 10.7 Å². The number of hydrogen-bond donors (Lipinski definition) is 1. The minimum Gasteiger partial charge on any atom is -0.389 e. The standard InChI is InChI=1S/C14H24O/c1-13(2,3)12-8-7-11-6-4-5-9-14(11,15)10-12/h8,11,15H,4-7,9-10H2,1-3H3/t11-,14-/m1/s1. The maximum atomic E-state index is 10.7. The average molecular weight is 208 g/mol. The predicted molar refractivity (Wildman–Crippen MR) is 63.7 cm³/mol. The molecule has 1 fully saturated rings. The summed E-state index contributed by atoms with van der Waals surface area (Å²) in [6.45, 7) is 6.77. The summed E-state index contributed by atoms with van der Waals surface area (Å²) in [6.07, 6.45) is 9.18. The third-order valence-electron chi connectivity index (χ3n) is 4.28. The number of hydrogen-bond acceptors (Lipinski definition) is 1. The number of rotatable bonds is 0. The van der Waals surface area contributed by atoms with Crippen LogP contribution >= 0.6 is 0 Å². The van der Waals surface area contributed by atoms with Crippen molar-refractivity contribution in [1.29, 1.82) is 0 Å². The molecule has 15 heavy (non-hydrogen) atoms. The number of fused-ring (bicyclic) bond motifs is 1. The molecule has 0 aliphatic heterocycles. The monoisotopic (exact) mass is 208 g/mol. The Hall–Kier alpha value is -0.300. The Balaban J connectivity index is 2.19. The van der Waals surface area contributed by atoms with Crippen molar-refractivity contribution >= 4 is 0 Å². The molecule has 2 atom stereocenters. The molecule has 0 aromatic rings. The highest BCUT2D eigenvalue weighted by Crippen LogP contribution is 2.47. The minimum absolute atomic E-state index is 0.234. The molecule has 0 heterocycles. The third-order valence-corrected chi connectivity index (χ3v) is 4.28. The summed E-state index contributed by atoms with van der Waals surface area (Å²) in [7, 11) is 0. The van der Waals surface area contributed by atoms with Crippen LogP contribution in [-0.2, 0) is 0 Å². The minimum atomic E-state index is -0.365. The summed E-state index contributed by atoms with van der Waals surface area (Å²) in [5.74, 6) is 0.539. The van der Waals surface area contributed by atoms with Gasteiger partial charge in [-0.05, 0) is 37.0 Å². The van der Waals surface area contributed by atoms with Gasteiger partial charge < -0.3 is 5.11 Å². The molecule has 1 N–H and O–H groups in total. The molecule has 0 saturated heterocycles. The molecule has 1 nitrogen and oxygen atoms in total. The summed E-state index contributed by atoms with van der Waals surface area (Å²) in [5.41, 5.74) is 1.33. The van der Waals surface area contributed by atoms with Gasteiger partial charge in [0.25, 0.3) is 0 Å². The van der Waals surface area contributed by atoms with Gasteiger partial charge in [0, 0.05) is 0 Å². The van der Waals surface area contributed by atoms with Gasteiger partial charge in [-0.3, -0.25) is 0 Å². The van der Waals surface area contributed by atoms with E-state index in [4.69, 9.17) is 0 Å². The van der Waals surface area contributed by atoms with Gasteiger partial charge in [-0.25, -0.2) is 0 Å². The first-order valence-electron chi connectivity index (χ1n) is 6.34. The summed E-state index contributed by atoms with van der Waals surface area (Å²) < 4.78 is 0. The molecular formula is C14H24O. The lowest BCUT2D eigenvalue weighted by molar-refractivity contribution is -0.0548. The second kappa shape index (κ2) is 3.62. The van der Waals surface area contributed by atoms with Crippen LogP contribution in [0.15, 0.2) is 11.6 Å². The summed E-state index contributed by atoms with van der Waals surface area (Å²) in [5, 5.41) is 10.7. The molecule has 0 aromatic carbocycles. The Morgan fingerprint density at radius 3 is 2.73 bits per heavy atom. The van der Waals surface area contributed by atoms with Crippen molar-refractivity contribution in [2.24, 2.45) is 11.3 Å². The highest BCUT2D eigenvalue weighted by atomic mass is 16.3. The molecule has 0 amide bonds. The molecule has 86 valence electrons. The quantitative estimate of drug-likeness (QED) is 0.602. The fourth-order valence-corrected chi connectivity index (χ4v) is 3.12. The maximum Gasteiger partial charge on any atom is 0.0715 e. The van der Waals surface area contributed by atoms with Crippen LogP contribution in [0.25, 0.3) is 0 Å². The van der Waals surface area contributed by atoms with Gasteiger partial charge in [0.05, 0.1) is 5.60 Å². The molecule has 2 aliphatic carbocycles. The zero-order valence-electron chi connectivity index (χ0n) is 10.3. The molecule has 1 heteroatoms. The normalized spacial score (nSPS) is 37.1. The third kappa shape index (κ3) is 2.13. The molecule has 0 bridgehead atoms. The Morgan fingerprint density at radius 1 is 1.33 bits per heavy atom. The maximum absolute atomic E-state index is 10.7. The van der Waals surface area contributed by atoms with Gasteiger partial charge in [-0.15, -0.1) is 0 Å². The van der Waals surface area contributed by atoms with E-state index in [0.29, 0.717) is 5.92 Å². The van der Waals surface area contributed by atoms with Crippen LogP contribution in [0, 0.1) is 11.3 Å². The van der Waals surface area contributed by atoms with Crippen molar-refractivity contribution in [3.63, 3.8) is 0 Å². The van der Waals surface area contributed by atoms with Gasteiger partial charge in [-0.2, -0.15) is 0 Å². The number of aliphatic hydroxyl groups is 1. The van der Waals surface area contributed by atoms with Gasteiger partial charge in [0.15, 0.2) is 0 Å². The first-order valence-corrected chi connectivity index (χ1v) is 6.34. The lowest BCUT2D eigenvalue weighted by Gasteiger charge is -2.45. The molecule has 1 saturated carbocycles.